The third-order valence-electron chi connectivity index (χ3n) is 3.08. The summed E-state index contributed by atoms with van der Waals surface area (Å²) in [5.41, 5.74) is 3.60. The number of unbranched alkanes of at least 4 members (excludes halogenated alkanes) is 1. The Kier molecular flexibility index (Phi) is 4.22. The number of rotatable bonds is 5. The summed E-state index contributed by atoms with van der Waals surface area (Å²) in [5.74, 6) is 1.71. The minimum atomic E-state index is 0.723. The lowest BCUT2D eigenvalue weighted by Crippen LogP contribution is -2.05. The summed E-state index contributed by atoms with van der Waals surface area (Å²) in [6, 6.07) is 0. The van der Waals surface area contributed by atoms with Crippen LogP contribution in [0.15, 0.2) is 5.16 Å². The summed E-state index contributed by atoms with van der Waals surface area (Å²) >= 11 is 1.66. The van der Waals surface area contributed by atoms with Gasteiger partial charge in [-0.05, 0) is 38.0 Å². The van der Waals surface area contributed by atoms with E-state index in [0.717, 1.165) is 28.8 Å². The molecule has 0 radical (unpaired) electrons. The number of thioether (sulfide) groups is 1. The van der Waals surface area contributed by atoms with Gasteiger partial charge in [-0.1, -0.05) is 32.0 Å². The lowest BCUT2D eigenvalue weighted by Gasteiger charge is -2.09. The van der Waals surface area contributed by atoms with Crippen molar-refractivity contribution in [2.24, 2.45) is 0 Å². The maximum atomic E-state index is 4.57. The normalized spacial score (nSPS) is 11.3. The summed E-state index contributed by atoms with van der Waals surface area (Å²) in [6.07, 6.45) is 3.47. The van der Waals surface area contributed by atoms with Crippen molar-refractivity contribution in [2.75, 3.05) is 5.75 Å². The number of hydrogen-bond acceptors (Lipinski definition) is 4. The van der Waals surface area contributed by atoms with Crippen LogP contribution in [-0.2, 0) is 6.42 Å². The third kappa shape index (κ3) is 2.51. The monoisotopic (exact) mass is 264 g/mol. The van der Waals surface area contributed by atoms with Gasteiger partial charge < -0.3 is 0 Å². The molecule has 2 heterocycles. The second-order valence-corrected chi connectivity index (χ2v) is 5.64. The van der Waals surface area contributed by atoms with Gasteiger partial charge in [-0.15, -0.1) is 5.10 Å². The van der Waals surface area contributed by atoms with Crippen molar-refractivity contribution in [1.29, 1.82) is 0 Å². The van der Waals surface area contributed by atoms with Crippen molar-refractivity contribution in [3.8, 4) is 0 Å². The molecule has 0 fully saturated rings. The highest BCUT2D eigenvalue weighted by atomic mass is 32.2. The maximum Gasteiger partial charge on any atom is 0.253 e. The highest BCUT2D eigenvalue weighted by Crippen LogP contribution is 2.19. The van der Waals surface area contributed by atoms with E-state index in [2.05, 4.69) is 42.8 Å². The zero-order valence-corrected chi connectivity index (χ0v) is 12.3. The van der Waals surface area contributed by atoms with Gasteiger partial charge in [0.05, 0.1) is 0 Å². The van der Waals surface area contributed by atoms with Crippen LogP contribution in [-0.4, -0.2) is 25.3 Å². The van der Waals surface area contributed by atoms with Gasteiger partial charge in [0, 0.05) is 11.4 Å². The summed E-state index contributed by atoms with van der Waals surface area (Å²) in [7, 11) is 0. The SMILES string of the molecule is CCCCc1c(C)nc2nc(SCC)nn2c1C. The Morgan fingerprint density at radius 1 is 1.17 bits per heavy atom. The van der Waals surface area contributed by atoms with Crippen molar-refractivity contribution in [1.82, 2.24) is 19.6 Å². The average molecular weight is 264 g/mol. The first-order valence-corrected chi connectivity index (χ1v) is 7.51. The van der Waals surface area contributed by atoms with Crippen LogP contribution in [0.2, 0.25) is 0 Å². The van der Waals surface area contributed by atoms with Crippen molar-refractivity contribution < 1.29 is 0 Å². The molecule has 0 spiro atoms. The molecular weight excluding hydrogens is 244 g/mol. The van der Waals surface area contributed by atoms with E-state index in [0.29, 0.717) is 0 Å². The maximum absolute atomic E-state index is 4.57. The number of nitrogens with zero attached hydrogens (tertiary/aromatic N) is 4. The first-order valence-electron chi connectivity index (χ1n) is 6.53. The molecule has 0 bridgehead atoms. The third-order valence-corrected chi connectivity index (χ3v) is 3.80. The molecular formula is C13H20N4S. The van der Waals surface area contributed by atoms with Gasteiger partial charge in [0.25, 0.3) is 5.78 Å². The minimum absolute atomic E-state index is 0.723. The van der Waals surface area contributed by atoms with E-state index >= 15 is 0 Å². The smallest absolute Gasteiger partial charge is 0.216 e. The molecule has 98 valence electrons. The molecule has 0 saturated carbocycles. The van der Waals surface area contributed by atoms with Crippen molar-refractivity contribution in [3.05, 3.63) is 17.0 Å². The summed E-state index contributed by atoms with van der Waals surface area (Å²) in [5, 5.41) is 5.34. The van der Waals surface area contributed by atoms with Crippen molar-refractivity contribution in [3.63, 3.8) is 0 Å². The van der Waals surface area contributed by atoms with Crippen LogP contribution >= 0.6 is 11.8 Å². The quantitative estimate of drug-likeness (QED) is 0.778. The highest BCUT2D eigenvalue weighted by Gasteiger charge is 2.12. The number of fused-ring (bicyclic) bond motifs is 1. The molecule has 2 aromatic rings. The second-order valence-electron chi connectivity index (χ2n) is 4.40. The number of hydrogen-bond donors (Lipinski definition) is 0. The van der Waals surface area contributed by atoms with Gasteiger partial charge >= 0.3 is 0 Å². The molecule has 0 atom stereocenters. The van der Waals surface area contributed by atoms with E-state index in [9.17, 15) is 0 Å². The van der Waals surface area contributed by atoms with Crippen LogP contribution < -0.4 is 0 Å². The Bertz CT molecular complexity index is 547. The molecule has 18 heavy (non-hydrogen) atoms. The molecule has 0 aliphatic carbocycles. The Balaban J connectivity index is 2.47. The largest absolute Gasteiger partial charge is 0.253 e. The van der Waals surface area contributed by atoms with Gasteiger partial charge in [-0.3, -0.25) is 0 Å². The molecule has 0 aliphatic heterocycles. The molecule has 2 aromatic heterocycles. The van der Waals surface area contributed by atoms with E-state index in [1.807, 2.05) is 4.52 Å². The lowest BCUT2D eigenvalue weighted by atomic mass is 10.1. The average Bonchev–Trinajstić information content (AvgIpc) is 2.72. The van der Waals surface area contributed by atoms with Gasteiger partial charge in [-0.2, -0.15) is 4.98 Å². The van der Waals surface area contributed by atoms with Gasteiger partial charge in [-0.25, -0.2) is 9.50 Å². The summed E-state index contributed by atoms with van der Waals surface area (Å²) in [6.45, 7) is 8.50. The zero-order chi connectivity index (χ0) is 13.1. The van der Waals surface area contributed by atoms with E-state index in [-0.39, 0.29) is 0 Å². The van der Waals surface area contributed by atoms with E-state index < -0.39 is 0 Å². The summed E-state index contributed by atoms with van der Waals surface area (Å²) < 4.78 is 1.88. The fraction of sp³-hybridized carbons (Fsp3) is 0.615. The van der Waals surface area contributed by atoms with Crippen LogP contribution in [0.25, 0.3) is 5.78 Å². The van der Waals surface area contributed by atoms with Crippen LogP contribution in [0.1, 0.15) is 43.6 Å². The van der Waals surface area contributed by atoms with E-state index in [1.54, 1.807) is 11.8 Å². The van der Waals surface area contributed by atoms with Crippen molar-refractivity contribution >= 4 is 17.5 Å². The predicted molar refractivity (Wildman–Crippen MR) is 75.3 cm³/mol. The summed E-state index contributed by atoms with van der Waals surface area (Å²) in [4.78, 5) is 9.02. The highest BCUT2D eigenvalue weighted by molar-refractivity contribution is 7.99. The predicted octanol–water partition coefficient (Wildman–Crippen LogP) is 3.20. The molecule has 5 heteroatoms. The molecule has 0 aliphatic rings. The van der Waals surface area contributed by atoms with Crippen LogP contribution in [0, 0.1) is 13.8 Å². The Morgan fingerprint density at radius 3 is 2.61 bits per heavy atom. The van der Waals surface area contributed by atoms with Gasteiger partial charge in [0.2, 0.25) is 5.16 Å². The van der Waals surface area contributed by atoms with Crippen LogP contribution in [0.4, 0.5) is 0 Å². The molecule has 0 amide bonds. The van der Waals surface area contributed by atoms with E-state index in [4.69, 9.17) is 0 Å². The molecule has 0 N–H and O–H groups in total. The van der Waals surface area contributed by atoms with Crippen LogP contribution in [0.5, 0.6) is 0 Å². The second kappa shape index (κ2) is 5.69. The van der Waals surface area contributed by atoms with Gasteiger partial charge in [0.15, 0.2) is 0 Å². The molecule has 0 aromatic carbocycles. The van der Waals surface area contributed by atoms with Crippen LogP contribution in [0.3, 0.4) is 0 Å². The first kappa shape index (κ1) is 13.3. The number of aryl methyl sites for hydroxylation is 2. The first-order chi connectivity index (χ1) is 8.67. The minimum Gasteiger partial charge on any atom is -0.216 e. The topological polar surface area (TPSA) is 43.1 Å². The molecule has 4 nitrogen and oxygen atoms in total. The lowest BCUT2D eigenvalue weighted by molar-refractivity contribution is 0.753. The Morgan fingerprint density at radius 2 is 1.94 bits per heavy atom. The van der Waals surface area contributed by atoms with Crippen molar-refractivity contribution in [2.45, 2.75) is 52.1 Å². The Labute approximate surface area is 112 Å². The fourth-order valence-corrected chi connectivity index (χ4v) is 2.64. The zero-order valence-electron chi connectivity index (χ0n) is 11.5. The molecule has 0 unspecified atom stereocenters. The van der Waals surface area contributed by atoms with E-state index in [1.165, 1.54) is 24.1 Å². The Hall–Kier alpha value is -1.10. The standard InChI is InChI=1S/C13H20N4S/c1-5-7-8-11-9(3)14-12-15-13(18-6-2)16-17(12)10(11)4/h5-8H2,1-4H3. The molecule has 2 rings (SSSR count). The van der Waals surface area contributed by atoms with Gasteiger partial charge in [0.1, 0.15) is 0 Å². The molecule has 0 saturated heterocycles. The fourth-order valence-electron chi connectivity index (χ4n) is 2.10. The number of aromatic nitrogens is 4.